The molecular weight excluding hydrogens is 317 g/mol. The molecule has 1 N–H and O–H groups in total. The lowest BCUT2D eigenvalue weighted by atomic mass is 9.82. The van der Waals surface area contributed by atoms with Crippen LogP contribution < -0.4 is 10.1 Å². The summed E-state index contributed by atoms with van der Waals surface area (Å²) in [6.07, 6.45) is 1.91. The summed E-state index contributed by atoms with van der Waals surface area (Å²) in [5.41, 5.74) is 1.76. The molecule has 116 valence electrons. The minimum absolute atomic E-state index is 0.283. The lowest BCUT2D eigenvalue weighted by Crippen LogP contribution is -2.28. The van der Waals surface area contributed by atoms with Crippen LogP contribution in [0.5, 0.6) is 5.75 Å². The van der Waals surface area contributed by atoms with E-state index in [1.807, 2.05) is 42.5 Å². The van der Waals surface area contributed by atoms with E-state index in [0.717, 1.165) is 17.0 Å². The van der Waals surface area contributed by atoms with Gasteiger partial charge in [-0.1, -0.05) is 36.2 Å². The monoisotopic (exact) mass is 335 g/mol. The van der Waals surface area contributed by atoms with Crippen LogP contribution in [0.1, 0.15) is 12.5 Å². The molecule has 2 rings (SSSR count). The van der Waals surface area contributed by atoms with E-state index in [-0.39, 0.29) is 5.41 Å². The van der Waals surface area contributed by atoms with Gasteiger partial charge in [-0.05, 0) is 48.0 Å². The Bertz CT molecular complexity index is 634. The maximum Gasteiger partial charge on any atom is 0.119 e. The number of rotatable bonds is 6. The van der Waals surface area contributed by atoms with Crippen LogP contribution in [0.3, 0.4) is 0 Å². The molecule has 0 aliphatic rings. The number of ether oxygens (including phenoxy) is 1. The molecule has 1 atom stereocenters. The Kier molecular flexibility index (Phi) is 5.38. The van der Waals surface area contributed by atoms with Crippen LogP contribution in [0.15, 0.2) is 55.1 Å². The summed E-state index contributed by atoms with van der Waals surface area (Å²) in [6, 6.07) is 13.4. The van der Waals surface area contributed by atoms with E-state index >= 15 is 0 Å². The minimum atomic E-state index is -0.283. The van der Waals surface area contributed by atoms with Crippen molar-refractivity contribution in [1.29, 1.82) is 0 Å². The van der Waals surface area contributed by atoms with Crippen LogP contribution in [0.25, 0.3) is 0 Å². The second kappa shape index (κ2) is 7.08. The van der Waals surface area contributed by atoms with Crippen molar-refractivity contribution in [3.05, 3.63) is 70.7 Å². The SMILES string of the molecule is C=CC(C)(CNc1ccc(OC)cc1)c1cc(Cl)cc(Cl)c1. The molecule has 0 saturated heterocycles. The molecule has 0 bridgehead atoms. The smallest absolute Gasteiger partial charge is 0.119 e. The third-order valence-corrected chi connectivity index (χ3v) is 4.16. The lowest BCUT2D eigenvalue weighted by molar-refractivity contribution is 0.415. The van der Waals surface area contributed by atoms with E-state index in [4.69, 9.17) is 27.9 Å². The maximum absolute atomic E-state index is 6.11. The van der Waals surface area contributed by atoms with Crippen LogP contribution >= 0.6 is 23.2 Å². The predicted octanol–water partition coefficient (Wildman–Crippen LogP) is 5.56. The fourth-order valence-electron chi connectivity index (χ4n) is 2.17. The quantitative estimate of drug-likeness (QED) is 0.698. The molecule has 2 nitrogen and oxygen atoms in total. The summed E-state index contributed by atoms with van der Waals surface area (Å²) in [5.74, 6) is 0.832. The van der Waals surface area contributed by atoms with Gasteiger partial charge < -0.3 is 10.1 Å². The van der Waals surface area contributed by atoms with E-state index in [1.165, 1.54) is 0 Å². The number of methoxy groups -OCH3 is 1. The molecule has 0 radical (unpaired) electrons. The first-order valence-corrected chi connectivity index (χ1v) is 7.70. The second-order valence-electron chi connectivity index (χ2n) is 5.36. The van der Waals surface area contributed by atoms with Crippen molar-refractivity contribution >= 4 is 28.9 Å². The van der Waals surface area contributed by atoms with E-state index in [9.17, 15) is 0 Å². The van der Waals surface area contributed by atoms with Crippen molar-refractivity contribution in [2.75, 3.05) is 19.0 Å². The molecule has 0 aromatic heterocycles. The average Bonchev–Trinajstić information content (AvgIpc) is 2.52. The fourth-order valence-corrected chi connectivity index (χ4v) is 2.70. The first kappa shape index (κ1) is 16.7. The van der Waals surface area contributed by atoms with E-state index in [2.05, 4.69) is 18.8 Å². The summed E-state index contributed by atoms with van der Waals surface area (Å²) in [4.78, 5) is 0. The molecule has 4 heteroatoms. The third-order valence-electron chi connectivity index (χ3n) is 3.72. The van der Waals surface area contributed by atoms with Gasteiger partial charge in [0, 0.05) is 27.7 Å². The molecule has 0 aliphatic carbocycles. The highest BCUT2D eigenvalue weighted by molar-refractivity contribution is 6.34. The Labute approximate surface area is 141 Å². The van der Waals surface area contributed by atoms with E-state index in [1.54, 1.807) is 13.2 Å². The summed E-state index contributed by atoms with van der Waals surface area (Å²) in [5, 5.41) is 4.66. The highest BCUT2D eigenvalue weighted by atomic mass is 35.5. The van der Waals surface area contributed by atoms with Gasteiger partial charge >= 0.3 is 0 Å². The van der Waals surface area contributed by atoms with E-state index in [0.29, 0.717) is 16.6 Å². The molecule has 0 fully saturated rings. The topological polar surface area (TPSA) is 21.3 Å². The highest BCUT2D eigenvalue weighted by Gasteiger charge is 2.23. The van der Waals surface area contributed by atoms with Crippen molar-refractivity contribution in [1.82, 2.24) is 0 Å². The van der Waals surface area contributed by atoms with Gasteiger partial charge in [-0.2, -0.15) is 0 Å². The van der Waals surface area contributed by atoms with Crippen molar-refractivity contribution in [3.63, 3.8) is 0 Å². The molecule has 1 unspecified atom stereocenters. The second-order valence-corrected chi connectivity index (χ2v) is 6.23. The normalized spacial score (nSPS) is 13.3. The van der Waals surface area contributed by atoms with Gasteiger partial charge in [-0.3, -0.25) is 0 Å². The first-order valence-electron chi connectivity index (χ1n) is 6.95. The molecule has 2 aromatic carbocycles. The largest absolute Gasteiger partial charge is 0.497 e. The molecule has 0 spiro atoms. The molecular formula is C18H19Cl2NO. The molecule has 0 amide bonds. The van der Waals surface area contributed by atoms with Crippen LogP contribution in [0.2, 0.25) is 10.0 Å². The molecule has 0 aliphatic heterocycles. The Morgan fingerprint density at radius 3 is 2.23 bits per heavy atom. The molecule has 0 saturated carbocycles. The Morgan fingerprint density at radius 1 is 1.14 bits per heavy atom. The number of hydrogen-bond donors (Lipinski definition) is 1. The van der Waals surface area contributed by atoms with E-state index < -0.39 is 0 Å². The Hall–Kier alpha value is -1.64. The zero-order chi connectivity index (χ0) is 16.2. The predicted molar refractivity (Wildman–Crippen MR) is 95.5 cm³/mol. The van der Waals surface area contributed by atoms with Crippen LogP contribution in [0.4, 0.5) is 5.69 Å². The van der Waals surface area contributed by atoms with Gasteiger partial charge in [-0.15, -0.1) is 6.58 Å². The Balaban J connectivity index is 2.17. The van der Waals surface area contributed by atoms with Crippen LogP contribution in [-0.4, -0.2) is 13.7 Å². The van der Waals surface area contributed by atoms with Crippen molar-refractivity contribution in [2.24, 2.45) is 0 Å². The van der Waals surface area contributed by atoms with Gasteiger partial charge in [0.05, 0.1) is 7.11 Å². The van der Waals surface area contributed by atoms with Gasteiger partial charge in [0.25, 0.3) is 0 Å². The number of halogens is 2. The van der Waals surface area contributed by atoms with Crippen LogP contribution in [0, 0.1) is 0 Å². The molecule has 2 aromatic rings. The number of benzene rings is 2. The Morgan fingerprint density at radius 2 is 1.73 bits per heavy atom. The van der Waals surface area contributed by atoms with Crippen molar-refractivity contribution < 1.29 is 4.74 Å². The summed E-state index contributed by atoms with van der Waals surface area (Å²) < 4.78 is 5.16. The van der Waals surface area contributed by atoms with Crippen molar-refractivity contribution in [2.45, 2.75) is 12.3 Å². The highest BCUT2D eigenvalue weighted by Crippen LogP contribution is 2.31. The lowest BCUT2D eigenvalue weighted by Gasteiger charge is -2.28. The third kappa shape index (κ3) is 3.96. The van der Waals surface area contributed by atoms with Gasteiger partial charge in [-0.25, -0.2) is 0 Å². The van der Waals surface area contributed by atoms with Gasteiger partial charge in [0.1, 0.15) is 5.75 Å². The van der Waals surface area contributed by atoms with Crippen LogP contribution in [-0.2, 0) is 5.41 Å². The van der Waals surface area contributed by atoms with Gasteiger partial charge in [0.2, 0.25) is 0 Å². The standard InChI is InChI=1S/C18H19Cl2NO/c1-4-18(2,13-9-14(19)11-15(20)10-13)12-21-16-5-7-17(22-3)8-6-16/h4-11,21H,1,12H2,2-3H3. The fraction of sp³-hybridized carbons (Fsp3) is 0.222. The summed E-state index contributed by atoms with van der Waals surface area (Å²) in [6.45, 7) is 6.74. The molecule has 0 heterocycles. The zero-order valence-corrected chi connectivity index (χ0v) is 14.2. The number of hydrogen-bond acceptors (Lipinski definition) is 2. The average molecular weight is 336 g/mol. The maximum atomic E-state index is 6.11. The summed E-state index contributed by atoms with van der Waals surface area (Å²) >= 11 is 12.2. The zero-order valence-electron chi connectivity index (χ0n) is 12.7. The minimum Gasteiger partial charge on any atom is -0.497 e. The summed E-state index contributed by atoms with van der Waals surface area (Å²) in [7, 11) is 1.65. The number of anilines is 1. The van der Waals surface area contributed by atoms with Gasteiger partial charge in [0.15, 0.2) is 0 Å². The van der Waals surface area contributed by atoms with Crippen molar-refractivity contribution in [3.8, 4) is 5.75 Å². The number of nitrogens with one attached hydrogen (secondary N) is 1. The first-order chi connectivity index (χ1) is 10.5. The molecule has 22 heavy (non-hydrogen) atoms.